The zero-order valence-electron chi connectivity index (χ0n) is 17.3. The number of pyridine rings is 1. The number of likely N-dealkylation sites (tertiary alicyclic amines) is 1. The van der Waals surface area contributed by atoms with Crippen molar-refractivity contribution < 1.29 is 23.0 Å². The Morgan fingerprint density at radius 2 is 1.77 bits per heavy atom. The van der Waals surface area contributed by atoms with Crippen LogP contribution in [0.4, 0.5) is 8.78 Å². The molecule has 1 atom stereocenters. The number of ether oxygens (including phenoxy) is 2. The van der Waals surface area contributed by atoms with Gasteiger partial charge in [0.2, 0.25) is 11.8 Å². The zero-order valence-corrected chi connectivity index (χ0v) is 17.3. The van der Waals surface area contributed by atoms with Crippen LogP contribution in [-0.4, -0.2) is 36.6 Å². The van der Waals surface area contributed by atoms with Gasteiger partial charge in [0.05, 0.1) is 20.3 Å². The highest BCUT2D eigenvalue weighted by Gasteiger charge is 2.32. The Bertz CT molecular complexity index is 1120. The van der Waals surface area contributed by atoms with Crippen LogP contribution in [0.25, 0.3) is 11.1 Å². The number of methoxy groups -OCH3 is 2. The lowest BCUT2D eigenvalue weighted by Crippen LogP contribution is -2.31. The summed E-state index contributed by atoms with van der Waals surface area (Å²) in [6.07, 6.45) is 1.43. The molecule has 0 N–H and O–H groups in total. The molecule has 160 valence electrons. The van der Waals surface area contributed by atoms with Crippen molar-refractivity contribution in [3.63, 3.8) is 0 Å². The van der Waals surface area contributed by atoms with Crippen molar-refractivity contribution in [1.82, 2.24) is 9.88 Å². The van der Waals surface area contributed by atoms with Crippen molar-refractivity contribution in [2.24, 2.45) is 0 Å². The molecule has 1 aliphatic rings. The minimum atomic E-state index is -0.572. The second kappa shape index (κ2) is 8.71. The average molecular weight is 424 g/mol. The lowest BCUT2D eigenvalue weighted by molar-refractivity contribution is 0.0733. The molecule has 1 fully saturated rings. The number of nitrogens with zero attached hydrogens (tertiary/aromatic N) is 2. The van der Waals surface area contributed by atoms with E-state index >= 15 is 4.39 Å². The van der Waals surface area contributed by atoms with Gasteiger partial charge in [0.1, 0.15) is 11.6 Å². The number of aromatic nitrogens is 1. The van der Waals surface area contributed by atoms with Crippen LogP contribution in [0.15, 0.2) is 54.6 Å². The summed E-state index contributed by atoms with van der Waals surface area (Å²) in [7, 11) is 2.92. The highest BCUT2D eigenvalue weighted by molar-refractivity contribution is 5.95. The molecule has 5 nitrogen and oxygen atoms in total. The topological polar surface area (TPSA) is 51.7 Å². The van der Waals surface area contributed by atoms with Gasteiger partial charge in [-0.15, -0.1) is 0 Å². The summed E-state index contributed by atoms with van der Waals surface area (Å²) >= 11 is 0. The molecule has 2 heterocycles. The molecule has 31 heavy (non-hydrogen) atoms. The molecular weight excluding hydrogens is 402 g/mol. The van der Waals surface area contributed by atoms with Gasteiger partial charge in [-0.2, -0.15) is 4.98 Å². The van der Waals surface area contributed by atoms with E-state index in [1.165, 1.54) is 32.4 Å². The van der Waals surface area contributed by atoms with Crippen LogP contribution in [0.1, 0.15) is 34.8 Å². The molecule has 0 unspecified atom stereocenters. The van der Waals surface area contributed by atoms with E-state index in [-0.39, 0.29) is 34.8 Å². The fourth-order valence-electron chi connectivity index (χ4n) is 4.01. The van der Waals surface area contributed by atoms with E-state index in [2.05, 4.69) is 4.98 Å². The van der Waals surface area contributed by atoms with Crippen LogP contribution in [0, 0.1) is 11.6 Å². The lowest BCUT2D eigenvalue weighted by Gasteiger charge is -2.25. The minimum Gasteiger partial charge on any atom is -0.481 e. The Kier molecular flexibility index (Phi) is 5.84. The van der Waals surface area contributed by atoms with E-state index in [0.717, 1.165) is 6.42 Å². The molecule has 0 saturated carbocycles. The van der Waals surface area contributed by atoms with Crippen molar-refractivity contribution >= 4 is 5.91 Å². The zero-order chi connectivity index (χ0) is 22.0. The van der Waals surface area contributed by atoms with Gasteiger partial charge in [0.15, 0.2) is 0 Å². The third-order valence-corrected chi connectivity index (χ3v) is 5.52. The standard InChI is InChI=1S/C24H22F2N2O3/c1-30-22-12-11-17(23(27-22)31-2)16-10-9-15(14-20(16)26)24(29)28-13-5-8-21(28)18-6-3-4-7-19(18)25/h3-4,6-7,9-12,14,21H,5,8,13H2,1-2H3/t21-/m1/s1. The SMILES string of the molecule is COc1ccc(-c2ccc(C(=O)N3CCC[C@@H]3c3ccccc3F)cc2F)c(OC)n1. The van der Waals surface area contributed by atoms with E-state index in [0.29, 0.717) is 30.0 Å². The van der Waals surface area contributed by atoms with Crippen molar-refractivity contribution in [3.8, 4) is 22.9 Å². The largest absolute Gasteiger partial charge is 0.481 e. The van der Waals surface area contributed by atoms with E-state index in [9.17, 15) is 9.18 Å². The monoisotopic (exact) mass is 424 g/mol. The highest BCUT2D eigenvalue weighted by Crippen LogP contribution is 2.36. The van der Waals surface area contributed by atoms with E-state index in [1.807, 2.05) is 0 Å². The second-order valence-corrected chi connectivity index (χ2v) is 7.28. The van der Waals surface area contributed by atoms with Crippen molar-refractivity contribution in [2.75, 3.05) is 20.8 Å². The number of carbonyl (C=O) groups excluding carboxylic acids is 1. The first-order valence-electron chi connectivity index (χ1n) is 9.98. The maximum absolute atomic E-state index is 15.0. The molecular formula is C24H22F2N2O3. The Hall–Kier alpha value is -3.48. The summed E-state index contributed by atoms with van der Waals surface area (Å²) < 4.78 is 39.6. The van der Waals surface area contributed by atoms with Gasteiger partial charge in [0, 0.05) is 34.9 Å². The lowest BCUT2D eigenvalue weighted by atomic mass is 10.0. The molecule has 0 radical (unpaired) electrons. The fraction of sp³-hybridized carbons (Fsp3) is 0.250. The van der Waals surface area contributed by atoms with Gasteiger partial charge in [-0.25, -0.2) is 8.78 Å². The van der Waals surface area contributed by atoms with Crippen LogP contribution in [0.2, 0.25) is 0 Å². The molecule has 3 aromatic rings. The Labute approximate surface area is 179 Å². The van der Waals surface area contributed by atoms with Crippen molar-refractivity contribution in [2.45, 2.75) is 18.9 Å². The van der Waals surface area contributed by atoms with Gasteiger partial charge >= 0.3 is 0 Å². The number of carbonyl (C=O) groups is 1. The summed E-state index contributed by atoms with van der Waals surface area (Å²) in [5.74, 6) is -0.667. The normalized spacial score (nSPS) is 15.7. The van der Waals surface area contributed by atoms with Crippen LogP contribution in [0.5, 0.6) is 11.8 Å². The predicted octanol–water partition coefficient (Wildman–Crippen LogP) is 5.02. The number of hydrogen-bond acceptors (Lipinski definition) is 4. The number of halogens is 2. The smallest absolute Gasteiger partial charge is 0.254 e. The molecule has 1 aliphatic heterocycles. The molecule has 1 amide bonds. The molecule has 1 saturated heterocycles. The van der Waals surface area contributed by atoms with Gasteiger partial charge in [-0.05, 0) is 37.1 Å². The van der Waals surface area contributed by atoms with Crippen LogP contribution >= 0.6 is 0 Å². The first-order chi connectivity index (χ1) is 15.0. The summed E-state index contributed by atoms with van der Waals surface area (Å²) in [6.45, 7) is 0.497. The van der Waals surface area contributed by atoms with Gasteiger partial charge in [-0.3, -0.25) is 4.79 Å². The molecule has 1 aromatic heterocycles. The fourth-order valence-corrected chi connectivity index (χ4v) is 4.01. The van der Waals surface area contributed by atoms with Crippen LogP contribution in [-0.2, 0) is 0 Å². The molecule has 7 heteroatoms. The molecule has 0 spiro atoms. The summed E-state index contributed by atoms with van der Waals surface area (Å²) in [4.78, 5) is 18.9. The summed E-state index contributed by atoms with van der Waals surface area (Å²) in [5, 5.41) is 0. The molecule has 2 aromatic carbocycles. The first kappa shape index (κ1) is 20.8. The van der Waals surface area contributed by atoms with Crippen molar-refractivity contribution in [3.05, 3.63) is 77.4 Å². The van der Waals surface area contributed by atoms with Gasteiger partial charge < -0.3 is 14.4 Å². The Morgan fingerprint density at radius 1 is 1.00 bits per heavy atom. The quantitative estimate of drug-likeness (QED) is 0.577. The highest BCUT2D eigenvalue weighted by atomic mass is 19.1. The third kappa shape index (κ3) is 3.95. The Balaban J connectivity index is 1.64. The maximum atomic E-state index is 15.0. The number of rotatable bonds is 5. The van der Waals surface area contributed by atoms with E-state index in [1.54, 1.807) is 41.3 Å². The number of amides is 1. The molecule has 4 rings (SSSR count). The molecule has 0 aliphatic carbocycles. The number of hydrogen-bond donors (Lipinski definition) is 0. The van der Waals surface area contributed by atoms with Crippen LogP contribution in [0.3, 0.4) is 0 Å². The summed E-state index contributed by atoms with van der Waals surface area (Å²) in [6, 6.07) is 13.7. The van der Waals surface area contributed by atoms with Gasteiger partial charge in [-0.1, -0.05) is 24.3 Å². The van der Waals surface area contributed by atoms with Gasteiger partial charge in [0.25, 0.3) is 5.91 Å². The average Bonchev–Trinajstić information content (AvgIpc) is 3.28. The maximum Gasteiger partial charge on any atom is 0.254 e. The first-order valence-corrected chi connectivity index (χ1v) is 9.98. The molecule has 0 bridgehead atoms. The van der Waals surface area contributed by atoms with Crippen molar-refractivity contribution in [1.29, 1.82) is 0 Å². The minimum absolute atomic E-state index is 0.213. The predicted molar refractivity (Wildman–Crippen MR) is 112 cm³/mol. The number of benzene rings is 2. The Morgan fingerprint density at radius 3 is 2.48 bits per heavy atom. The summed E-state index contributed by atoms with van der Waals surface area (Å²) in [5.41, 5.74) is 1.41. The second-order valence-electron chi connectivity index (χ2n) is 7.28. The van der Waals surface area contributed by atoms with Crippen LogP contribution < -0.4 is 9.47 Å². The van der Waals surface area contributed by atoms with E-state index < -0.39 is 5.82 Å². The van der Waals surface area contributed by atoms with E-state index in [4.69, 9.17) is 9.47 Å². The third-order valence-electron chi connectivity index (χ3n) is 5.52.